The van der Waals surface area contributed by atoms with E-state index in [1.807, 2.05) is 0 Å². The van der Waals surface area contributed by atoms with Crippen LogP contribution in [0, 0.1) is 0 Å². The summed E-state index contributed by atoms with van der Waals surface area (Å²) in [4.78, 5) is 10.5. The Kier molecular flexibility index (Phi) is 9.44. The van der Waals surface area contributed by atoms with E-state index in [0.717, 1.165) is 6.92 Å². The second-order valence-corrected chi connectivity index (χ2v) is 4.27. The summed E-state index contributed by atoms with van der Waals surface area (Å²) in [6.07, 6.45) is 13.4. The average Bonchev–Trinajstić information content (AvgIpc) is 2.66. The van der Waals surface area contributed by atoms with Crippen molar-refractivity contribution in [3.8, 4) is 0 Å². The summed E-state index contributed by atoms with van der Waals surface area (Å²) < 4.78 is 0. The van der Waals surface area contributed by atoms with Crippen LogP contribution in [0.3, 0.4) is 0 Å². The highest BCUT2D eigenvalue weighted by Crippen LogP contribution is 2.01. The van der Waals surface area contributed by atoms with Crippen LogP contribution in [0.2, 0.25) is 0 Å². The van der Waals surface area contributed by atoms with E-state index in [2.05, 4.69) is 32.2 Å². The maximum atomic E-state index is 8.89. The Morgan fingerprint density at radius 1 is 1.29 bits per heavy atom. The highest BCUT2D eigenvalue weighted by Gasteiger charge is 2.14. The SMILES string of the molecule is CC(=O)[O-].CCCCC[NH+]1C=CC=C1CCC. The Hall–Kier alpha value is -1.09. The van der Waals surface area contributed by atoms with E-state index < -0.39 is 5.97 Å². The second kappa shape index (κ2) is 10.1. The molecule has 1 atom stereocenters. The lowest BCUT2D eigenvalue weighted by Gasteiger charge is -2.13. The van der Waals surface area contributed by atoms with E-state index in [0.29, 0.717) is 0 Å². The van der Waals surface area contributed by atoms with E-state index in [1.54, 1.807) is 10.6 Å². The third-order valence-electron chi connectivity index (χ3n) is 2.58. The number of carbonyl (C=O) groups excluding carboxylic acids is 1. The number of carbonyl (C=O) groups is 1. The van der Waals surface area contributed by atoms with Gasteiger partial charge in [0.2, 0.25) is 0 Å². The van der Waals surface area contributed by atoms with Crippen molar-refractivity contribution in [2.24, 2.45) is 0 Å². The summed E-state index contributed by atoms with van der Waals surface area (Å²) in [6, 6.07) is 0. The van der Waals surface area contributed by atoms with Gasteiger partial charge in [-0.2, -0.15) is 0 Å². The van der Waals surface area contributed by atoms with Crippen molar-refractivity contribution in [2.75, 3.05) is 6.54 Å². The molecule has 0 bridgehead atoms. The molecule has 0 spiro atoms. The van der Waals surface area contributed by atoms with Crippen molar-refractivity contribution < 1.29 is 14.8 Å². The fourth-order valence-corrected chi connectivity index (χ4v) is 1.82. The number of carboxylic acids is 1. The third-order valence-corrected chi connectivity index (χ3v) is 2.58. The topological polar surface area (TPSA) is 44.6 Å². The van der Waals surface area contributed by atoms with Crippen LogP contribution in [0.4, 0.5) is 0 Å². The van der Waals surface area contributed by atoms with Crippen LogP contribution in [-0.4, -0.2) is 12.5 Å². The third kappa shape index (κ3) is 8.69. The monoisotopic (exact) mass is 239 g/mol. The molecule has 0 radical (unpaired) electrons. The fraction of sp³-hybridized carbons (Fsp3) is 0.643. The Morgan fingerprint density at radius 2 is 1.94 bits per heavy atom. The summed E-state index contributed by atoms with van der Waals surface area (Å²) in [5.41, 5.74) is 1.58. The Morgan fingerprint density at radius 3 is 2.47 bits per heavy atom. The summed E-state index contributed by atoms with van der Waals surface area (Å²) in [5.74, 6) is -1.08. The molecular formula is C14H25NO2. The molecule has 0 aromatic carbocycles. The van der Waals surface area contributed by atoms with Gasteiger partial charge in [-0.25, -0.2) is 0 Å². The van der Waals surface area contributed by atoms with Crippen molar-refractivity contribution in [3.63, 3.8) is 0 Å². The van der Waals surface area contributed by atoms with E-state index in [9.17, 15) is 0 Å². The largest absolute Gasteiger partial charge is 0.550 e. The lowest BCUT2D eigenvalue weighted by atomic mass is 10.2. The molecule has 1 unspecified atom stereocenters. The number of allylic oxidation sites excluding steroid dienone is 3. The first-order valence-electron chi connectivity index (χ1n) is 6.52. The first-order valence-corrected chi connectivity index (χ1v) is 6.52. The zero-order valence-corrected chi connectivity index (χ0v) is 11.3. The van der Waals surface area contributed by atoms with Gasteiger partial charge in [0, 0.05) is 18.5 Å². The van der Waals surface area contributed by atoms with Crippen LogP contribution in [0.25, 0.3) is 0 Å². The van der Waals surface area contributed by atoms with Crippen LogP contribution in [0.5, 0.6) is 0 Å². The molecule has 98 valence electrons. The van der Waals surface area contributed by atoms with E-state index in [-0.39, 0.29) is 0 Å². The van der Waals surface area contributed by atoms with Crippen molar-refractivity contribution in [1.29, 1.82) is 0 Å². The average molecular weight is 239 g/mol. The van der Waals surface area contributed by atoms with Crippen molar-refractivity contribution in [1.82, 2.24) is 0 Å². The summed E-state index contributed by atoms with van der Waals surface area (Å²) >= 11 is 0. The molecule has 3 nitrogen and oxygen atoms in total. The number of quaternary nitrogens is 1. The van der Waals surface area contributed by atoms with Gasteiger partial charge in [-0.1, -0.05) is 20.3 Å². The lowest BCUT2D eigenvalue weighted by molar-refractivity contribution is -0.804. The van der Waals surface area contributed by atoms with Gasteiger partial charge in [0.1, 0.15) is 5.70 Å². The molecule has 1 aliphatic heterocycles. The predicted molar refractivity (Wildman–Crippen MR) is 68.2 cm³/mol. The summed E-state index contributed by atoms with van der Waals surface area (Å²) in [6.45, 7) is 6.77. The molecular weight excluding hydrogens is 214 g/mol. The molecule has 0 aromatic heterocycles. The second-order valence-electron chi connectivity index (χ2n) is 4.27. The number of carboxylic acid groups (broad SMARTS) is 1. The summed E-state index contributed by atoms with van der Waals surface area (Å²) in [5, 5.41) is 8.89. The van der Waals surface area contributed by atoms with Crippen LogP contribution in [0.1, 0.15) is 52.9 Å². The first kappa shape index (κ1) is 15.9. The highest BCUT2D eigenvalue weighted by atomic mass is 16.4. The van der Waals surface area contributed by atoms with Crippen LogP contribution >= 0.6 is 0 Å². The Labute approximate surface area is 105 Å². The van der Waals surface area contributed by atoms with E-state index >= 15 is 0 Å². The number of rotatable bonds is 6. The van der Waals surface area contributed by atoms with Crippen LogP contribution in [-0.2, 0) is 4.79 Å². The molecule has 0 aliphatic carbocycles. The molecule has 17 heavy (non-hydrogen) atoms. The predicted octanol–water partition coefficient (Wildman–Crippen LogP) is 1.03. The Balaban J connectivity index is 0.000000557. The highest BCUT2D eigenvalue weighted by molar-refractivity contribution is 5.60. The fourth-order valence-electron chi connectivity index (χ4n) is 1.82. The number of hydrogen-bond acceptors (Lipinski definition) is 2. The molecule has 1 rings (SSSR count). The Bertz CT molecular complexity index is 265. The van der Waals surface area contributed by atoms with Gasteiger partial charge < -0.3 is 9.90 Å². The van der Waals surface area contributed by atoms with Gasteiger partial charge in [0.15, 0.2) is 0 Å². The lowest BCUT2D eigenvalue weighted by Crippen LogP contribution is -3.04. The van der Waals surface area contributed by atoms with Crippen LogP contribution in [0.15, 0.2) is 24.0 Å². The molecule has 0 amide bonds. The summed E-state index contributed by atoms with van der Waals surface area (Å²) in [7, 11) is 0. The smallest absolute Gasteiger partial charge is 0.112 e. The van der Waals surface area contributed by atoms with Gasteiger partial charge in [-0.05, 0) is 32.3 Å². The molecule has 0 fully saturated rings. The van der Waals surface area contributed by atoms with Gasteiger partial charge in [0.25, 0.3) is 0 Å². The van der Waals surface area contributed by atoms with E-state index in [1.165, 1.54) is 38.6 Å². The molecule has 1 N–H and O–H groups in total. The maximum Gasteiger partial charge on any atom is 0.112 e. The minimum Gasteiger partial charge on any atom is -0.550 e. The van der Waals surface area contributed by atoms with Crippen molar-refractivity contribution in [3.05, 3.63) is 24.0 Å². The number of nitrogens with one attached hydrogen (secondary N) is 1. The molecule has 0 aromatic rings. The normalized spacial score (nSPS) is 17.4. The number of unbranched alkanes of at least 4 members (excludes halogenated alkanes) is 2. The van der Waals surface area contributed by atoms with Gasteiger partial charge in [-0.3, -0.25) is 4.90 Å². The molecule has 1 aliphatic rings. The minimum absolute atomic E-state index is 0.972. The maximum absolute atomic E-state index is 8.89. The number of aliphatic carboxylic acids is 1. The molecule has 0 saturated heterocycles. The molecule has 0 saturated carbocycles. The van der Waals surface area contributed by atoms with Gasteiger partial charge >= 0.3 is 0 Å². The first-order chi connectivity index (χ1) is 8.11. The molecule has 1 heterocycles. The number of hydrogen-bond donors (Lipinski definition) is 1. The zero-order valence-electron chi connectivity index (χ0n) is 11.3. The minimum atomic E-state index is -1.08. The van der Waals surface area contributed by atoms with Crippen LogP contribution < -0.4 is 10.0 Å². The van der Waals surface area contributed by atoms with E-state index in [4.69, 9.17) is 9.90 Å². The van der Waals surface area contributed by atoms with Crippen molar-refractivity contribution >= 4 is 5.97 Å². The quantitative estimate of drug-likeness (QED) is 0.704. The molecule has 3 heteroatoms. The standard InChI is InChI=1S/C12H21N.C2H4O2/c1-3-5-6-10-13-11-7-9-12(13)8-4-2;1-2(3)4/h7,9,11H,3-6,8,10H2,1-2H3;1H3,(H,3,4). The van der Waals surface area contributed by atoms with Gasteiger partial charge in [0.05, 0.1) is 12.7 Å². The van der Waals surface area contributed by atoms with Crippen molar-refractivity contribution in [2.45, 2.75) is 52.9 Å². The zero-order chi connectivity index (χ0) is 13.1. The van der Waals surface area contributed by atoms with Gasteiger partial charge in [-0.15, -0.1) is 0 Å².